The van der Waals surface area contributed by atoms with Gasteiger partial charge in [-0.15, -0.1) is 0 Å². The lowest BCUT2D eigenvalue weighted by Gasteiger charge is -2.30. The van der Waals surface area contributed by atoms with Gasteiger partial charge in [-0.05, 0) is 31.5 Å². The van der Waals surface area contributed by atoms with Crippen LogP contribution >= 0.6 is 0 Å². The fraction of sp³-hybridized carbons (Fsp3) is 0.368. The summed E-state index contributed by atoms with van der Waals surface area (Å²) in [7, 11) is -3.92. The van der Waals surface area contributed by atoms with Crippen LogP contribution in [0.4, 0.5) is 0 Å². The molecule has 3 rings (SSSR count). The fourth-order valence-corrected chi connectivity index (χ4v) is 3.75. The van der Waals surface area contributed by atoms with E-state index in [1.807, 2.05) is 38.1 Å². The van der Waals surface area contributed by atoms with Crippen molar-refractivity contribution in [1.29, 1.82) is 0 Å². The van der Waals surface area contributed by atoms with Gasteiger partial charge in [0, 0.05) is 0 Å². The van der Waals surface area contributed by atoms with Crippen LogP contribution in [0, 0.1) is 13.8 Å². The molecule has 6 heteroatoms. The zero-order valence-electron chi connectivity index (χ0n) is 14.3. The second-order valence-corrected chi connectivity index (χ2v) is 7.75. The van der Waals surface area contributed by atoms with Crippen molar-refractivity contribution in [2.24, 2.45) is 0 Å². The molecule has 2 atom stereocenters. The average molecular weight is 362 g/mol. The predicted molar refractivity (Wildman–Crippen MR) is 93.9 cm³/mol. The number of aryl methyl sites for hydroxylation is 2. The maximum Gasteiger partial charge on any atom is 0.297 e. The first-order chi connectivity index (χ1) is 12.0. The second kappa shape index (κ2) is 7.66. The van der Waals surface area contributed by atoms with Crippen molar-refractivity contribution in [3.05, 3.63) is 65.2 Å². The molecule has 0 aromatic heterocycles. The third-order valence-electron chi connectivity index (χ3n) is 4.13. The fourth-order valence-electron chi connectivity index (χ4n) is 2.67. The van der Waals surface area contributed by atoms with Gasteiger partial charge in [0.25, 0.3) is 10.1 Å². The molecule has 5 nitrogen and oxygen atoms in total. The number of ether oxygens (including phenoxy) is 2. The quantitative estimate of drug-likeness (QED) is 0.765. The van der Waals surface area contributed by atoms with E-state index in [2.05, 4.69) is 0 Å². The van der Waals surface area contributed by atoms with Crippen LogP contribution in [0.25, 0.3) is 0 Å². The maximum atomic E-state index is 12.7. The van der Waals surface area contributed by atoms with Gasteiger partial charge in [0.2, 0.25) is 0 Å². The van der Waals surface area contributed by atoms with E-state index in [1.54, 1.807) is 24.3 Å². The van der Waals surface area contributed by atoms with Crippen LogP contribution < -0.4 is 0 Å². The summed E-state index contributed by atoms with van der Waals surface area (Å²) in [5.41, 5.74) is 2.82. The molecule has 25 heavy (non-hydrogen) atoms. The molecule has 1 aliphatic heterocycles. The van der Waals surface area contributed by atoms with Crippen LogP contribution in [-0.4, -0.2) is 34.3 Å². The Morgan fingerprint density at radius 2 is 1.56 bits per heavy atom. The topological polar surface area (TPSA) is 61.8 Å². The maximum absolute atomic E-state index is 12.7. The SMILES string of the molecule is Cc1ccc(C(OS(=O)(=O)c2ccc(C)cc2)C2COCCO2)cc1. The number of hydrogen-bond donors (Lipinski definition) is 0. The molecule has 0 bridgehead atoms. The summed E-state index contributed by atoms with van der Waals surface area (Å²) < 4.78 is 42.2. The molecule has 1 aliphatic rings. The molecule has 2 aromatic rings. The van der Waals surface area contributed by atoms with Gasteiger partial charge in [-0.25, -0.2) is 0 Å². The van der Waals surface area contributed by atoms with Crippen molar-refractivity contribution in [3.8, 4) is 0 Å². The summed E-state index contributed by atoms with van der Waals surface area (Å²) in [6.07, 6.45) is -1.23. The van der Waals surface area contributed by atoms with Gasteiger partial charge >= 0.3 is 0 Å². The average Bonchev–Trinajstić information content (AvgIpc) is 2.62. The van der Waals surface area contributed by atoms with E-state index in [9.17, 15) is 8.42 Å². The van der Waals surface area contributed by atoms with Gasteiger partial charge in [0.15, 0.2) is 0 Å². The Labute approximate surface area is 148 Å². The smallest absolute Gasteiger partial charge is 0.297 e. The Hall–Kier alpha value is -1.73. The number of rotatable bonds is 5. The van der Waals surface area contributed by atoms with Crippen molar-refractivity contribution in [1.82, 2.24) is 0 Å². The van der Waals surface area contributed by atoms with E-state index in [0.29, 0.717) is 19.8 Å². The standard InChI is InChI=1S/C19H22O5S/c1-14-3-7-16(8-4-14)19(18-13-22-11-12-23-18)24-25(20,21)17-9-5-15(2)6-10-17/h3-10,18-19H,11-13H2,1-2H3. The molecule has 0 N–H and O–H groups in total. The molecular formula is C19H22O5S. The first-order valence-corrected chi connectivity index (χ1v) is 9.62. The van der Waals surface area contributed by atoms with Gasteiger partial charge in [0.05, 0.1) is 24.7 Å². The monoisotopic (exact) mass is 362 g/mol. The summed E-state index contributed by atoms with van der Waals surface area (Å²) in [4.78, 5) is 0.131. The van der Waals surface area contributed by atoms with Crippen LogP contribution in [0.1, 0.15) is 22.8 Å². The highest BCUT2D eigenvalue weighted by Gasteiger charge is 2.32. The molecule has 0 radical (unpaired) electrons. The third-order valence-corrected chi connectivity index (χ3v) is 5.44. The number of benzene rings is 2. The molecule has 1 saturated heterocycles. The highest BCUT2D eigenvalue weighted by atomic mass is 32.2. The van der Waals surface area contributed by atoms with Crippen molar-refractivity contribution in [3.63, 3.8) is 0 Å². The van der Waals surface area contributed by atoms with E-state index in [1.165, 1.54) is 0 Å². The van der Waals surface area contributed by atoms with Crippen LogP contribution in [0.15, 0.2) is 53.4 Å². The lowest BCUT2D eigenvalue weighted by molar-refractivity contribution is -0.126. The summed E-state index contributed by atoms with van der Waals surface area (Å²) in [5, 5.41) is 0. The summed E-state index contributed by atoms with van der Waals surface area (Å²) >= 11 is 0. The Kier molecular flexibility index (Phi) is 5.54. The summed E-state index contributed by atoms with van der Waals surface area (Å²) in [5.74, 6) is 0. The molecule has 1 heterocycles. The van der Waals surface area contributed by atoms with Crippen molar-refractivity contribution in [2.45, 2.75) is 31.0 Å². The van der Waals surface area contributed by atoms with E-state index >= 15 is 0 Å². The third kappa shape index (κ3) is 4.46. The first-order valence-electron chi connectivity index (χ1n) is 8.21. The first kappa shape index (κ1) is 18.1. The Bertz CT molecular complexity index is 791. The number of hydrogen-bond acceptors (Lipinski definition) is 5. The van der Waals surface area contributed by atoms with Crippen molar-refractivity contribution < 1.29 is 22.1 Å². The zero-order chi connectivity index (χ0) is 17.9. The highest BCUT2D eigenvalue weighted by molar-refractivity contribution is 7.86. The molecule has 2 unspecified atom stereocenters. The largest absolute Gasteiger partial charge is 0.376 e. The van der Waals surface area contributed by atoms with Crippen LogP contribution in [0.5, 0.6) is 0 Å². The lowest BCUT2D eigenvalue weighted by atomic mass is 10.0. The molecule has 1 fully saturated rings. The van der Waals surface area contributed by atoms with Crippen LogP contribution in [0.2, 0.25) is 0 Å². The van der Waals surface area contributed by atoms with E-state index in [-0.39, 0.29) is 4.90 Å². The Morgan fingerprint density at radius 3 is 2.12 bits per heavy atom. The van der Waals surface area contributed by atoms with Gasteiger partial charge in [0.1, 0.15) is 12.2 Å². The van der Waals surface area contributed by atoms with Gasteiger partial charge < -0.3 is 9.47 Å². The Morgan fingerprint density at radius 1 is 0.960 bits per heavy atom. The zero-order valence-corrected chi connectivity index (χ0v) is 15.2. The summed E-state index contributed by atoms with van der Waals surface area (Å²) in [6.45, 7) is 5.09. The van der Waals surface area contributed by atoms with Gasteiger partial charge in [-0.2, -0.15) is 8.42 Å². The van der Waals surface area contributed by atoms with Crippen molar-refractivity contribution >= 4 is 10.1 Å². The second-order valence-electron chi connectivity index (χ2n) is 6.18. The molecule has 0 saturated carbocycles. The van der Waals surface area contributed by atoms with Gasteiger partial charge in [-0.3, -0.25) is 4.18 Å². The molecule has 0 spiro atoms. The van der Waals surface area contributed by atoms with E-state index < -0.39 is 22.3 Å². The lowest BCUT2D eigenvalue weighted by Crippen LogP contribution is -2.36. The predicted octanol–water partition coefficient (Wildman–Crippen LogP) is 3.17. The van der Waals surface area contributed by atoms with Gasteiger partial charge in [-0.1, -0.05) is 47.5 Å². The summed E-state index contributed by atoms with van der Waals surface area (Å²) in [6, 6.07) is 14.2. The minimum atomic E-state index is -3.92. The minimum Gasteiger partial charge on any atom is -0.376 e. The molecule has 134 valence electrons. The van der Waals surface area contributed by atoms with E-state index in [0.717, 1.165) is 16.7 Å². The minimum absolute atomic E-state index is 0.131. The molecule has 0 aliphatic carbocycles. The molecular weight excluding hydrogens is 340 g/mol. The van der Waals surface area contributed by atoms with Crippen LogP contribution in [-0.2, 0) is 23.8 Å². The molecule has 2 aromatic carbocycles. The van der Waals surface area contributed by atoms with Crippen LogP contribution in [0.3, 0.4) is 0 Å². The normalized spacial score (nSPS) is 19.5. The Balaban J connectivity index is 1.90. The van der Waals surface area contributed by atoms with Crippen molar-refractivity contribution in [2.75, 3.05) is 19.8 Å². The highest BCUT2D eigenvalue weighted by Crippen LogP contribution is 2.30. The van der Waals surface area contributed by atoms with E-state index in [4.69, 9.17) is 13.7 Å². The molecule has 0 amide bonds.